The molecule has 0 fully saturated rings. The molecular formula is C17H20N2O2. The van der Waals surface area contributed by atoms with Gasteiger partial charge in [0.2, 0.25) is 0 Å². The van der Waals surface area contributed by atoms with Crippen LogP contribution in [0.3, 0.4) is 0 Å². The highest BCUT2D eigenvalue weighted by Gasteiger charge is 2.09. The van der Waals surface area contributed by atoms with Crippen molar-refractivity contribution < 1.29 is 9.53 Å². The Balaban J connectivity index is 2.23. The van der Waals surface area contributed by atoms with E-state index in [4.69, 9.17) is 10.5 Å². The van der Waals surface area contributed by atoms with Crippen molar-refractivity contribution in [3.05, 3.63) is 53.1 Å². The quantitative estimate of drug-likeness (QED) is 0.662. The minimum atomic E-state index is -0.359. The maximum atomic E-state index is 11.7. The van der Waals surface area contributed by atoms with E-state index in [1.807, 2.05) is 26.0 Å². The van der Waals surface area contributed by atoms with Crippen molar-refractivity contribution in [2.24, 2.45) is 0 Å². The zero-order valence-electron chi connectivity index (χ0n) is 12.6. The highest BCUT2D eigenvalue weighted by atomic mass is 16.5. The van der Waals surface area contributed by atoms with Crippen LogP contribution in [0.2, 0.25) is 0 Å². The number of nitrogen functional groups attached to an aromatic ring is 1. The summed E-state index contributed by atoms with van der Waals surface area (Å²) >= 11 is 0. The van der Waals surface area contributed by atoms with Gasteiger partial charge in [0, 0.05) is 5.69 Å². The first-order valence-corrected chi connectivity index (χ1v) is 6.91. The molecular weight excluding hydrogens is 264 g/mol. The molecule has 110 valence electrons. The fraction of sp³-hybridized carbons (Fsp3) is 0.235. The Morgan fingerprint density at radius 1 is 1.14 bits per heavy atom. The van der Waals surface area contributed by atoms with E-state index >= 15 is 0 Å². The molecule has 2 rings (SSSR count). The van der Waals surface area contributed by atoms with Crippen LogP contribution in [0.1, 0.15) is 28.4 Å². The van der Waals surface area contributed by atoms with E-state index in [9.17, 15) is 4.79 Å². The van der Waals surface area contributed by atoms with Crippen molar-refractivity contribution in [1.82, 2.24) is 0 Å². The van der Waals surface area contributed by atoms with Gasteiger partial charge in [-0.05, 0) is 62.2 Å². The lowest BCUT2D eigenvalue weighted by molar-refractivity contribution is 0.0526. The maximum Gasteiger partial charge on any atom is 0.338 e. The van der Waals surface area contributed by atoms with E-state index in [1.54, 1.807) is 25.1 Å². The minimum Gasteiger partial charge on any atom is -0.462 e. The predicted octanol–water partition coefficient (Wildman–Crippen LogP) is 3.81. The molecule has 21 heavy (non-hydrogen) atoms. The number of anilines is 3. The second-order valence-electron chi connectivity index (χ2n) is 5.02. The van der Waals surface area contributed by atoms with Gasteiger partial charge in [-0.3, -0.25) is 0 Å². The molecule has 0 bridgehead atoms. The zero-order chi connectivity index (χ0) is 15.4. The van der Waals surface area contributed by atoms with Gasteiger partial charge < -0.3 is 15.8 Å². The number of nitrogens with one attached hydrogen (secondary N) is 1. The molecule has 0 saturated carbocycles. The molecule has 0 aliphatic carbocycles. The number of hydrogen-bond donors (Lipinski definition) is 2. The third kappa shape index (κ3) is 3.75. The first kappa shape index (κ1) is 14.9. The van der Waals surface area contributed by atoms with Gasteiger partial charge in [-0.1, -0.05) is 6.07 Å². The van der Waals surface area contributed by atoms with Crippen molar-refractivity contribution in [2.75, 3.05) is 17.7 Å². The van der Waals surface area contributed by atoms with Crippen LogP contribution >= 0.6 is 0 Å². The summed E-state index contributed by atoms with van der Waals surface area (Å²) in [5.74, 6) is -0.359. The van der Waals surface area contributed by atoms with Crippen molar-refractivity contribution in [3.8, 4) is 0 Å². The SMILES string of the molecule is CCOC(=O)c1ccc(Nc2cc(C)cc(C)c2)c(N)c1. The summed E-state index contributed by atoms with van der Waals surface area (Å²) in [5.41, 5.74) is 11.1. The Morgan fingerprint density at radius 2 is 1.81 bits per heavy atom. The molecule has 0 aromatic heterocycles. The number of carbonyl (C=O) groups excluding carboxylic acids is 1. The standard InChI is InChI=1S/C17H20N2O2/c1-4-21-17(20)13-5-6-16(15(18)10-13)19-14-8-11(2)7-12(3)9-14/h5-10,19H,4,18H2,1-3H3. The van der Waals surface area contributed by atoms with E-state index in [1.165, 1.54) is 11.1 Å². The molecule has 0 unspecified atom stereocenters. The van der Waals surface area contributed by atoms with Gasteiger partial charge in [0.05, 0.1) is 23.5 Å². The van der Waals surface area contributed by atoms with Gasteiger partial charge in [-0.15, -0.1) is 0 Å². The van der Waals surface area contributed by atoms with Crippen LogP contribution < -0.4 is 11.1 Å². The lowest BCUT2D eigenvalue weighted by Crippen LogP contribution is -2.06. The minimum absolute atomic E-state index is 0.349. The number of hydrogen-bond acceptors (Lipinski definition) is 4. The van der Waals surface area contributed by atoms with Crippen LogP contribution in [0.25, 0.3) is 0 Å². The van der Waals surface area contributed by atoms with Crippen LogP contribution in [-0.4, -0.2) is 12.6 Å². The molecule has 0 spiro atoms. The second kappa shape index (κ2) is 6.31. The number of carbonyl (C=O) groups is 1. The summed E-state index contributed by atoms with van der Waals surface area (Å²) < 4.78 is 4.96. The molecule has 3 N–H and O–H groups in total. The van der Waals surface area contributed by atoms with Gasteiger partial charge >= 0.3 is 5.97 Å². The lowest BCUT2D eigenvalue weighted by atomic mass is 10.1. The summed E-state index contributed by atoms with van der Waals surface area (Å²) in [5, 5.41) is 3.27. The fourth-order valence-electron chi connectivity index (χ4n) is 2.22. The largest absolute Gasteiger partial charge is 0.462 e. The van der Waals surface area contributed by atoms with Crippen molar-refractivity contribution in [2.45, 2.75) is 20.8 Å². The van der Waals surface area contributed by atoms with E-state index in [0.29, 0.717) is 17.9 Å². The lowest BCUT2D eigenvalue weighted by Gasteiger charge is -2.12. The smallest absolute Gasteiger partial charge is 0.338 e. The Bertz CT molecular complexity index is 646. The first-order valence-electron chi connectivity index (χ1n) is 6.91. The van der Waals surface area contributed by atoms with E-state index in [0.717, 1.165) is 11.4 Å². The molecule has 4 nitrogen and oxygen atoms in total. The van der Waals surface area contributed by atoms with Gasteiger partial charge in [-0.25, -0.2) is 4.79 Å². The Morgan fingerprint density at radius 3 is 2.38 bits per heavy atom. The van der Waals surface area contributed by atoms with Crippen LogP contribution in [0.4, 0.5) is 17.1 Å². The van der Waals surface area contributed by atoms with Crippen molar-refractivity contribution >= 4 is 23.0 Å². The fourth-order valence-corrected chi connectivity index (χ4v) is 2.22. The molecule has 0 aliphatic rings. The highest BCUT2D eigenvalue weighted by molar-refractivity contribution is 5.92. The number of esters is 1. The maximum absolute atomic E-state index is 11.7. The molecule has 4 heteroatoms. The normalized spacial score (nSPS) is 10.2. The van der Waals surface area contributed by atoms with Gasteiger partial charge in [0.15, 0.2) is 0 Å². The van der Waals surface area contributed by atoms with Gasteiger partial charge in [0.25, 0.3) is 0 Å². The number of aryl methyl sites for hydroxylation is 2. The molecule has 0 atom stereocenters. The Hall–Kier alpha value is -2.49. The number of ether oxygens (including phenoxy) is 1. The topological polar surface area (TPSA) is 64.3 Å². The first-order chi connectivity index (χ1) is 9.99. The monoisotopic (exact) mass is 284 g/mol. The van der Waals surface area contributed by atoms with Crippen molar-refractivity contribution in [3.63, 3.8) is 0 Å². The van der Waals surface area contributed by atoms with Crippen LogP contribution in [0.5, 0.6) is 0 Å². The Kier molecular flexibility index (Phi) is 4.48. The summed E-state index contributed by atoms with van der Waals surface area (Å²) in [6.45, 7) is 6.22. The van der Waals surface area contributed by atoms with Crippen LogP contribution in [0, 0.1) is 13.8 Å². The average Bonchev–Trinajstić information content (AvgIpc) is 2.40. The molecule has 0 radical (unpaired) electrons. The van der Waals surface area contributed by atoms with E-state index in [2.05, 4.69) is 11.4 Å². The summed E-state index contributed by atoms with van der Waals surface area (Å²) in [7, 11) is 0. The van der Waals surface area contributed by atoms with E-state index in [-0.39, 0.29) is 5.97 Å². The van der Waals surface area contributed by atoms with Crippen LogP contribution in [0.15, 0.2) is 36.4 Å². The summed E-state index contributed by atoms with van der Waals surface area (Å²) in [6, 6.07) is 11.3. The second-order valence-corrected chi connectivity index (χ2v) is 5.02. The third-order valence-corrected chi connectivity index (χ3v) is 3.06. The number of rotatable bonds is 4. The van der Waals surface area contributed by atoms with Crippen LogP contribution in [-0.2, 0) is 4.74 Å². The van der Waals surface area contributed by atoms with Crippen molar-refractivity contribution in [1.29, 1.82) is 0 Å². The summed E-state index contributed by atoms with van der Waals surface area (Å²) in [4.78, 5) is 11.7. The predicted molar refractivity (Wildman–Crippen MR) is 86.0 cm³/mol. The molecule has 2 aromatic rings. The molecule has 0 heterocycles. The van der Waals surface area contributed by atoms with Gasteiger partial charge in [-0.2, -0.15) is 0 Å². The number of benzene rings is 2. The number of nitrogens with two attached hydrogens (primary N) is 1. The third-order valence-electron chi connectivity index (χ3n) is 3.06. The summed E-state index contributed by atoms with van der Waals surface area (Å²) in [6.07, 6.45) is 0. The zero-order valence-corrected chi connectivity index (χ0v) is 12.6. The van der Waals surface area contributed by atoms with Gasteiger partial charge in [0.1, 0.15) is 0 Å². The molecule has 0 saturated heterocycles. The molecule has 0 aliphatic heterocycles. The molecule has 2 aromatic carbocycles. The Labute approximate surface area is 124 Å². The molecule has 0 amide bonds. The van der Waals surface area contributed by atoms with E-state index < -0.39 is 0 Å². The highest BCUT2D eigenvalue weighted by Crippen LogP contribution is 2.25. The average molecular weight is 284 g/mol.